The molecule has 9 nitrogen and oxygen atoms in total. The van der Waals surface area contributed by atoms with Gasteiger partial charge in [0.15, 0.2) is 23.0 Å². The number of nitrogens with one attached hydrogen (secondary N) is 1. The summed E-state index contributed by atoms with van der Waals surface area (Å²) in [4.78, 5) is 27.4. The topological polar surface area (TPSA) is 95.6 Å². The average molecular weight is 471 g/mol. The van der Waals surface area contributed by atoms with E-state index in [1.165, 1.54) is 21.3 Å². The Morgan fingerprint density at radius 2 is 1.65 bits per heavy atom. The zero-order valence-corrected chi connectivity index (χ0v) is 19.7. The Bertz CT molecular complexity index is 1020. The van der Waals surface area contributed by atoms with Crippen molar-refractivity contribution in [3.63, 3.8) is 0 Å². The molecule has 0 atom stereocenters. The minimum atomic E-state index is -0.0926. The van der Waals surface area contributed by atoms with Crippen LogP contribution in [0.5, 0.6) is 28.7 Å². The van der Waals surface area contributed by atoms with Gasteiger partial charge in [0.05, 0.1) is 21.3 Å². The van der Waals surface area contributed by atoms with Crippen molar-refractivity contribution in [2.24, 2.45) is 5.92 Å². The fourth-order valence-corrected chi connectivity index (χ4v) is 4.31. The summed E-state index contributed by atoms with van der Waals surface area (Å²) in [5.41, 5.74) is 1.44. The maximum Gasteiger partial charge on any atom is 0.254 e. The van der Waals surface area contributed by atoms with Gasteiger partial charge in [0.1, 0.15) is 0 Å². The molecule has 2 aliphatic rings. The highest BCUT2D eigenvalue weighted by Gasteiger charge is 2.27. The lowest BCUT2D eigenvalue weighted by Gasteiger charge is -2.32. The fraction of sp³-hybridized carbons (Fsp3) is 0.440. The number of amides is 2. The van der Waals surface area contributed by atoms with Crippen LogP contribution in [0.1, 0.15) is 35.2 Å². The molecule has 0 aliphatic carbocycles. The molecule has 0 bridgehead atoms. The lowest BCUT2D eigenvalue weighted by atomic mass is 9.92. The van der Waals surface area contributed by atoms with Crippen molar-refractivity contribution < 1.29 is 33.3 Å². The van der Waals surface area contributed by atoms with Crippen molar-refractivity contribution in [2.75, 3.05) is 41.2 Å². The van der Waals surface area contributed by atoms with Crippen molar-refractivity contribution in [1.29, 1.82) is 0 Å². The number of methoxy groups -OCH3 is 3. The van der Waals surface area contributed by atoms with Crippen LogP contribution in [-0.2, 0) is 11.3 Å². The third-order valence-electron chi connectivity index (χ3n) is 6.21. The standard InChI is InChI=1S/C25H30N2O7/c1-30-21-12-18(13-22(31-2)24(21)32-3)25(29)27-8-6-16(7-9-27)11-23(28)26-14-17-4-5-19-20(10-17)34-15-33-19/h4-5,10,12-13,16H,6-9,11,14-15H2,1-3H3,(H,26,28). The van der Waals surface area contributed by atoms with Gasteiger partial charge in [0, 0.05) is 31.6 Å². The third kappa shape index (κ3) is 5.13. The van der Waals surface area contributed by atoms with E-state index < -0.39 is 0 Å². The van der Waals surface area contributed by atoms with Crippen LogP contribution in [0, 0.1) is 5.92 Å². The summed E-state index contributed by atoms with van der Waals surface area (Å²) in [6.45, 7) is 1.85. The summed E-state index contributed by atoms with van der Waals surface area (Å²) in [7, 11) is 4.57. The van der Waals surface area contributed by atoms with Crippen LogP contribution >= 0.6 is 0 Å². The number of carbonyl (C=O) groups is 2. The van der Waals surface area contributed by atoms with E-state index in [1.54, 1.807) is 12.1 Å². The molecule has 1 fully saturated rings. The van der Waals surface area contributed by atoms with Crippen molar-refractivity contribution in [1.82, 2.24) is 10.2 Å². The Kier molecular flexibility index (Phi) is 7.30. The molecule has 1 saturated heterocycles. The molecule has 1 N–H and O–H groups in total. The lowest BCUT2D eigenvalue weighted by molar-refractivity contribution is -0.122. The van der Waals surface area contributed by atoms with E-state index in [1.807, 2.05) is 23.1 Å². The molecule has 9 heteroatoms. The van der Waals surface area contributed by atoms with Crippen molar-refractivity contribution in [3.8, 4) is 28.7 Å². The largest absolute Gasteiger partial charge is 0.493 e. The monoisotopic (exact) mass is 470 g/mol. The van der Waals surface area contributed by atoms with Crippen molar-refractivity contribution in [3.05, 3.63) is 41.5 Å². The Hall–Kier alpha value is -3.62. The molecule has 34 heavy (non-hydrogen) atoms. The zero-order valence-electron chi connectivity index (χ0n) is 19.7. The van der Waals surface area contributed by atoms with Gasteiger partial charge >= 0.3 is 0 Å². The highest BCUT2D eigenvalue weighted by molar-refractivity contribution is 5.95. The number of nitrogens with zero attached hydrogens (tertiary/aromatic N) is 1. The summed E-state index contributed by atoms with van der Waals surface area (Å²) in [5, 5.41) is 2.98. The summed E-state index contributed by atoms with van der Waals surface area (Å²) < 4.78 is 26.7. The maximum atomic E-state index is 13.1. The van der Waals surface area contributed by atoms with Crippen LogP contribution in [0.25, 0.3) is 0 Å². The molecule has 0 unspecified atom stereocenters. The highest BCUT2D eigenvalue weighted by Crippen LogP contribution is 2.38. The van der Waals surface area contributed by atoms with Crippen LogP contribution in [-0.4, -0.2) is 57.9 Å². The van der Waals surface area contributed by atoms with Crippen molar-refractivity contribution >= 4 is 11.8 Å². The number of hydrogen-bond donors (Lipinski definition) is 1. The number of piperidine rings is 1. The first kappa shape index (κ1) is 23.5. The first-order valence-electron chi connectivity index (χ1n) is 11.3. The molecule has 0 radical (unpaired) electrons. The molecular weight excluding hydrogens is 440 g/mol. The number of hydrogen-bond acceptors (Lipinski definition) is 7. The second-order valence-corrected chi connectivity index (χ2v) is 8.32. The third-order valence-corrected chi connectivity index (χ3v) is 6.21. The molecular formula is C25H30N2O7. The van der Waals surface area contributed by atoms with Crippen molar-refractivity contribution in [2.45, 2.75) is 25.8 Å². The first-order valence-corrected chi connectivity index (χ1v) is 11.3. The van der Waals surface area contributed by atoms with E-state index >= 15 is 0 Å². The van der Waals surface area contributed by atoms with E-state index in [2.05, 4.69) is 5.32 Å². The van der Waals surface area contributed by atoms with Gasteiger partial charge in [-0.1, -0.05) is 6.07 Å². The van der Waals surface area contributed by atoms with Gasteiger partial charge in [-0.2, -0.15) is 0 Å². The molecule has 4 rings (SSSR count). The lowest BCUT2D eigenvalue weighted by Crippen LogP contribution is -2.39. The summed E-state index contributed by atoms with van der Waals surface area (Å²) >= 11 is 0. The summed E-state index contributed by atoms with van der Waals surface area (Å²) in [6.07, 6.45) is 1.98. The van der Waals surface area contributed by atoms with Crippen LogP contribution in [0.4, 0.5) is 0 Å². The predicted molar refractivity (Wildman–Crippen MR) is 124 cm³/mol. The van der Waals surface area contributed by atoms with Gasteiger partial charge in [-0.15, -0.1) is 0 Å². The number of fused-ring (bicyclic) bond motifs is 1. The van der Waals surface area contributed by atoms with E-state index in [0.717, 1.165) is 24.2 Å². The zero-order chi connectivity index (χ0) is 24.1. The smallest absolute Gasteiger partial charge is 0.254 e. The first-order chi connectivity index (χ1) is 16.5. The number of benzene rings is 2. The molecule has 2 aromatic carbocycles. The normalized spacial score (nSPS) is 15.1. The number of carbonyl (C=O) groups excluding carboxylic acids is 2. The molecule has 2 aliphatic heterocycles. The molecule has 0 spiro atoms. The number of rotatable bonds is 8. The molecule has 2 heterocycles. The van der Waals surface area contributed by atoms with Gasteiger partial charge < -0.3 is 33.9 Å². The predicted octanol–water partition coefficient (Wildman–Crippen LogP) is 3.00. The van der Waals surface area contributed by atoms with E-state index in [-0.39, 0.29) is 24.5 Å². The second-order valence-electron chi connectivity index (χ2n) is 8.32. The van der Waals surface area contributed by atoms with Crippen LogP contribution < -0.4 is 29.0 Å². The second kappa shape index (κ2) is 10.5. The van der Waals surface area contributed by atoms with Gasteiger partial charge in [-0.05, 0) is 48.6 Å². The van der Waals surface area contributed by atoms with Crippen LogP contribution in [0.2, 0.25) is 0 Å². The molecule has 182 valence electrons. The SMILES string of the molecule is COc1cc(C(=O)N2CCC(CC(=O)NCc3ccc4c(c3)OCO4)CC2)cc(OC)c1OC. The molecule has 0 saturated carbocycles. The highest BCUT2D eigenvalue weighted by atomic mass is 16.7. The quantitative estimate of drug-likeness (QED) is 0.634. The average Bonchev–Trinajstić information content (AvgIpc) is 3.34. The van der Waals surface area contributed by atoms with Crippen LogP contribution in [0.3, 0.4) is 0 Å². The van der Waals surface area contributed by atoms with E-state index in [4.69, 9.17) is 23.7 Å². The van der Waals surface area contributed by atoms with Crippen LogP contribution in [0.15, 0.2) is 30.3 Å². The van der Waals surface area contributed by atoms with E-state index in [0.29, 0.717) is 54.6 Å². The van der Waals surface area contributed by atoms with Gasteiger partial charge in [-0.25, -0.2) is 0 Å². The Morgan fingerprint density at radius 3 is 2.29 bits per heavy atom. The number of ether oxygens (including phenoxy) is 5. The van der Waals surface area contributed by atoms with E-state index in [9.17, 15) is 9.59 Å². The van der Waals surface area contributed by atoms with Gasteiger partial charge in [0.25, 0.3) is 5.91 Å². The minimum Gasteiger partial charge on any atom is -0.493 e. The summed E-state index contributed by atoms with van der Waals surface area (Å²) in [6, 6.07) is 8.99. The maximum absolute atomic E-state index is 13.1. The Labute approximate surface area is 198 Å². The fourth-order valence-electron chi connectivity index (χ4n) is 4.31. The van der Waals surface area contributed by atoms with Gasteiger partial charge in [-0.3, -0.25) is 9.59 Å². The minimum absolute atomic E-state index is 0.00655. The molecule has 2 amide bonds. The molecule has 0 aromatic heterocycles. The number of likely N-dealkylation sites (tertiary alicyclic amines) is 1. The van der Waals surface area contributed by atoms with Gasteiger partial charge in [0.2, 0.25) is 18.4 Å². The summed E-state index contributed by atoms with van der Waals surface area (Å²) in [5.74, 6) is 2.92. The molecule has 2 aromatic rings. The Balaban J connectivity index is 1.27. The Morgan fingerprint density at radius 1 is 0.971 bits per heavy atom.